The van der Waals surface area contributed by atoms with E-state index >= 15 is 4.79 Å². The number of aromatic amines is 2. The summed E-state index contributed by atoms with van der Waals surface area (Å²) in [4.78, 5) is 44.8. The number of hydrogen-bond donors (Lipinski definition) is 12. The summed E-state index contributed by atoms with van der Waals surface area (Å²) in [5, 5.41) is 95.7. The summed E-state index contributed by atoms with van der Waals surface area (Å²) in [7, 11) is 0. The molecule has 8 fully saturated rings. The van der Waals surface area contributed by atoms with Gasteiger partial charge in [0.25, 0.3) is 0 Å². The van der Waals surface area contributed by atoms with Crippen molar-refractivity contribution in [3.63, 3.8) is 0 Å². The molecule has 2 aliphatic heterocycles. The standard InChI is InChI=1S/C57H86N6O12/c1-50(27-64)18-19-55(49(72)73)22-31(20-32-24-59-29-61-32)57-15-7-14-56(17-10-34(57)37(55)23-50)52(57,3)16-11-40-51(2,28-65)46(75-47-45(70)44(69)39(66)26-74-47)43(68)36(53(40,56)4)21-35-42(63-48(71)54(35)12-5-6-13-54)33(8-9-41(58)67)38-25-60-30-62-38/h10,24-25,29-31,33,35-37,39-47,64-70H,5-9,11-23,26-28,58H2,1-4H3,(H,59,61)(H,60,62)(H,63,71)(H,72,73). The number of nitrogens with zero attached hydrogens (tertiary/aromatic N) is 2. The fourth-order valence-corrected chi connectivity index (χ4v) is 20.5. The van der Waals surface area contributed by atoms with Crippen LogP contribution in [0.3, 0.4) is 0 Å². The molecule has 11 rings (SSSR count). The van der Waals surface area contributed by atoms with Crippen LogP contribution < -0.4 is 11.1 Å². The predicted octanol–water partition coefficient (Wildman–Crippen LogP) is 4.19. The summed E-state index contributed by atoms with van der Waals surface area (Å²) in [6, 6.07) is -0.439. The summed E-state index contributed by atoms with van der Waals surface area (Å²) >= 11 is 0. The first-order valence-corrected chi connectivity index (χ1v) is 28.5. The Bertz CT molecular complexity index is 2450. The minimum atomic E-state index is -1.65. The summed E-state index contributed by atoms with van der Waals surface area (Å²) in [6.07, 6.45) is 11.3. The maximum absolute atomic E-state index is 15.0. The molecule has 2 aromatic rings. The van der Waals surface area contributed by atoms with Gasteiger partial charge in [0, 0.05) is 53.2 Å². The van der Waals surface area contributed by atoms with Gasteiger partial charge in [-0.3, -0.25) is 9.59 Å². The number of rotatable bonds is 14. The van der Waals surface area contributed by atoms with Crippen LogP contribution in [0.4, 0.5) is 0 Å². The van der Waals surface area contributed by atoms with Gasteiger partial charge in [-0.05, 0) is 148 Å². The first-order valence-electron chi connectivity index (χ1n) is 28.5. The lowest BCUT2D eigenvalue weighted by atomic mass is 9.23. The fraction of sp³-hybridized carbons (Fsp3) is 0.825. The van der Waals surface area contributed by atoms with Crippen LogP contribution in [0.25, 0.3) is 0 Å². The number of aliphatic carboxylic acids is 1. The minimum absolute atomic E-state index is 0.0132. The van der Waals surface area contributed by atoms with Gasteiger partial charge in [0.2, 0.25) is 5.91 Å². The summed E-state index contributed by atoms with van der Waals surface area (Å²) in [5.41, 5.74) is 3.34. The van der Waals surface area contributed by atoms with E-state index < -0.39 is 104 Å². The normalized spacial score (nSPS) is 47.7. The van der Waals surface area contributed by atoms with Gasteiger partial charge in [-0.2, -0.15) is 0 Å². The number of ether oxygens (including phenoxy) is 2. The Hall–Kier alpha value is -3.30. The molecule has 13 N–H and O–H groups in total. The summed E-state index contributed by atoms with van der Waals surface area (Å²) < 4.78 is 12.8. The number of amides is 1. The van der Waals surface area contributed by atoms with E-state index in [1.807, 2.05) is 13.1 Å². The van der Waals surface area contributed by atoms with Crippen molar-refractivity contribution >= 4 is 11.9 Å². The first-order chi connectivity index (χ1) is 35.7. The van der Waals surface area contributed by atoms with Crippen molar-refractivity contribution in [2.75, 3.05) is 19.8 Å². The number of carboxylic acid groups (broad SMARTS) is 1. The van der Waals surface area contributed by atoms with E-state index in [-0.39, 0.29) is 61.7 Å². The number of nitrogens with one attached hydrogen (secondary N) is 3. The van der Waals surface area contributed by atoms with Crippen molar-refractivity contribution in [1.82, 2.24) is 25.3 Å². The third-order valence-corrected chi connectivity index (χ3v) is 24.2. The van der Waals surface area contributed by atoms with Crippen molar-refractivity contribution in [3.8, 4) is 0 Å². The number of allylic oxidation sites excluding steroid dienone is 2. The monoisotopic (exact) mass is 1050 g/mol. The third kappa shape index (κ3) is 7.45. The van der Waals surface area contributed by atoms with Crippen molar-refractivity contribution in [2.24, 2.45) is 78.6 Å². The maximum atomic E-state index is 15.0. The van der Waals surface area contributed by atoms with Crippen LogP contribution in [-0.4, -0.2) is 142 Å². The van der Waals surface area contributed by atoms with Crippen LogP contribution in [0.5, 0.6) is 0 Å². The summed E-state index contributed by atoms with van der Waals surface area (Å²) in [5.74, 6) is -2.72. The molecule has 416 valence electrons. The average molecular weight is 1050 g/mol. The smallest absolute Gasteiger partial charge is 0.310 e. The highest BCUT2D eigenvalue weighted by Gasteiger charge is 2.81. The molecule has 4 heterocycles. The second kappa shape index (κ2) is 18.9. The predicted molar refractivity (Wildman–Crippen MR) is 272 cm³/mol. The molecule has 2 bridgehead atoms. The number of H-pyrrole nitrogens is 2. The average Bonchev–Trinajstić information content (AvgIpc) is 4.28. The van der Waals surface area contributed by atoms with E-state index in [9.17, 15) is 45.6 Å². The Morgan fingerprint density at radius 3 is 2.29 bits per heavy atom. The molecule has 18 heteroatoms. The molecule has 2 spiro atoms. The van der Waals surface area contributed by atoms with Crippen LogP contribution in [0.1, 0.15) is 154 Å². The Morgan fingerprint density at radius 1 is 0.880 bits per heavy atom. The molecule has 6 saturated carbocycles. The number of fused-ring (bicyclic) bond motifs is 3. The molecule has 21 atom stereocenters. The first kappa shape index (κ1) is 53.7. The highest BCUT2D eigenvalue weighted by atomic mass is 16.7. The minimum Gasteiger partial charge on any atom is -0.481 e. The van der Waals surface area contributed by atoms with Gasteiger partial charge in [-0.1, -0.05) is 58.6 Å². The molecule has 1 amide bonds. The van der Waals surface area contributed by atoms with Gasteiger partial charge in [0.15, 0.2) is 6.29 Å². The SMILES string of the molecule is CC1(CO)CCC2(C(=O)O)CC(Cc3cnc[nH]3)C34CCCC5(CC=C3C2C1)C1(C)C(CC2C(C(CCC(N)O)c3cnc[nH]3)NC(=O)C23CCCC3)C(O)C(OC2OCC(O)C(O)C2O)C(C)(CO)C1CCC45C. The van der Waals surface area contributed by atoms with Gasteiger partial charge in [-0.25, -0.2) is 9.97 Å². The molecule has 0 aromatic carbocycles. The highest BCUT2D eigenvalue weighted by Crippen LogP contribution is 2.86. The largest absolute Gasteiger partial charge is 0.481 e. The lowest BCUT2D eigenvalue weighted by Gasteiger charge is -2.81. The van der Waals surface area contributed by atoms with Crippen molar-refractivity contribution in [1.29, 1.82) is 0 Å². The number of carbonyl (C=O) groups is 2. The summed E-state index contributed by atoms with van der Waals surface area (Å²) in [6.45, 7) is 8.23. The lowest BCUT2D eigenvalue weighted by molar-refractivity contribution is -0.361. The third-order valence-electron chi connectivity index (χ3n) is 24.2. The Kier molecular flexibility index (Phi) is 13.6. The van der Waals surface area contributed by atoms with Gasteiger partial charge in [-0.15, -0.1) is 0 Å². The zero-order valence-electron chi connectivity index (χ0n) is 44.5. The molecular weight excluding hydrogens is 961 g/mol. The maximum Gasteiger partial charge on any atom is 0.310 e. The number of imidazole rings is 2. The van der Waals surface area contributed by atoms with E-state index in [0.717, 1.165) is 49.9 Å². The Labute approximate surface area is 440 Å². The fourth-order valence-electron chi connectivity index (χ4n) is 20.5. The molecule has 0 radical (unpaired) electrons. The molecule has 7 aliphatic carbocycles. The molecule has 9 aliphatic rings. The van der Waals surface area contributed by atoms with Crippen LogP contribution >= 0.6 is 0 Å². The number of nitrogens with two attached hydrogens (primary N) is 1. The van der Waals surface area contributed by atoms with Gasteiger partial charge in [0.1, 0.15) is 24.5 Å². The Morgan fingerprint density at radius 2 is 1.63 bits per heavy atom. The molecule has 21 unspecified atom stereocenters. The topological polar surface area (TPSA) is 310 Å². The number of carbonyl (C=O) groups excluding carboxylic acids is 1. The van der Waals surface area contributed by atoms with Gasteiger partial charge < -0.3 is 71.3 Å². The van der Waals surface area contributed by atoms with Crippen molar-refractivity contribution in [3.05, 3.63) is 48.1 Å². The molecule has 18 nitrogen and oxygen atoms in total. The van der Waals surface area contributed by atoms with E-state index in [4.69, 9.17) is 15.2 Å². The number of aliphatic hydroxyl groups excluding tert-OH is 7. The van der Waals surface area contributed by atoms with E-state index in [0.29, 0.717) is 70.6 Å². The van der Waals surface area contributed by atoms with E-state index in [1.165, 1.54) is 5.57 Å². The second-order valence-electron chi connectivity index (χ2n) is 26.9. The van der Waals surface area contributed by atoms with Crippen molar-refractivity contribution in [2.45, 2.75) is 198 Å². The van der Waals surface area contributed by atoms with Gasteiger partial charge in [0.05, 0.1) is 48.9 Å². The molecular formula is C57H86N6O12. The van der Waals surface area contributed by atoms with Crippen LogP contribution in [0.15, 0.2) is 36.7 Å². The van der Waals surface area contributed by atoms with E-state index in [2.05, 4.69) is 52.1 Å². The quantitative estimate of drug-likeness (QED) is 0.0717. The number of aliphatic hydroxyl groups is 7. The Balaban J connectivity index is 1.11. The number of hydrogen-bond acceptors (Lipinski definition) is 14. The zero-order chi connectivity index (χ0) is 53.3. The van der Waals surface area contributed by atoms with Crippen LogP contribution in [-0.2, 0) is 25.5 Å². The molecule has 75 heavy (non-hydrogen) atoms. The van der Waals surface area contributed by atoms with Crippen LogP contribution in [0.2, 0.25) is 0 Å². The van der Waals surface area contributed by atoms with Gasteiger partial charge >= 0.3 is 5.97 Å². The highest BCUT2D eigenvalue weighted by molar-refractivity contribution is 5.86. The second-order valence-corrected chi connectivity index (χ2v) is 26.9. The number of carboxylic acids is 1. The van der Waals surface area contributed by atoms with Crippen LogP contribution in [0, 0.1) is 72.9 Å². The van der Waals surface area contributed by atoms with Crippen molar-refractivity contribution < 1.29 is 59.9 Å². The lowest BCUT2D eigenvalue weighted by Crippen LogP contribution is -2.78. The molecule has 2 saturated heterocycles. The zero-order valence-corrected chi connectivity index (χ0v) is 44.5. The molecule has 2 aromatic heterocycles. The van der Waals surface area contributed by atoms with E-state index in [1.54, 1.807) is 18.9 Å². The number of aromatic nitrogens is 4.